The standard InChI is InChI=1S/C21H26N2O4S/c1-2-19(17-6-4-3-5-7-17)22-10-12-23(13-11-22)28(24,25)18-8-9-20-21(16-18)27-15-14-26-20/h3-9,16,19H,2,10-15H2,1H3. The summed E-state index contributed by atoms with van der Waals surface area (Å²) < 4.78 is 38.8. The molecule has 0 aromatic heterocycles. The first-order chi connectivity index (χ1) is 13.6. The average Bonchev–Trinajstić information content (AvgIpc) is 2.75. The summed E-state index contributed by atoms with van der Waals surface area (Å²) in [5.41, 5.74) is 1.29. The first-order valence-electron chi connectivity index (χ1n) is 9.78. The molecule has 150 valence electrons. The van der Waals surface area contributed by atoms with Gasteiger partial charge in [-0.3, -0.25) is 4.90 Å². The highest BCUT2D eigenvalue weighted by atomic mass is 32.2. The lowest BCUT2D eigenvalue weighted by Crippen LogP contribution is -2.49. The molecule has 4 rings (SSSR count). The Hall–Kier alpha value is -2.09. The van der Waals surface area contributed by atoms with Crippen LogP contribution in [0.3, 0.4) is 0 Å². The molecule has 1 atom stereocenters. The van der Waals surface area contributed by atoms with Gasteiger partial charge in [-0.05, 0) is 24.1 Å². The minimum atomic E-state index is -3.54. The topological polar surface area (TPSA) is 59.1 Å². The van der Waals surface area contributed by atoms with E-state index < -0.39 is 10.0 Å². The molecule has 0 bridgehead atoms. The van der Waals surface area contributed by atoms with Crippen LogP contribution in [0.4, 0.5) is 0 Å². The van der Waals surface area contributed by atoms with Crippen molar-refractivity contribution in [2.75, 3.05) is 39.4 Å². The maximum atomic E-state index is 13.1. The fourth-order valence-corrected chi connectivity index (χ4v) is 5.41. The smallest absolute Gasteiger partial charge is 0.243 e. The predicted octanol–water partition coefficient (Wildman–Crippen LogP) is 2.92. The number of ether oxygens (including phenoxy) is 2. The van der Waals surface area contributed by atoms with Gasteiger partial charge < -0.3 is 9.47 Å². The molecule has 1 unspecified atom stereocenters. The zero-order chi connectivity index (χ0) is 19.6. The van der Waals surface area contributed by atoms with Crippen molar-refractivity contribution in [1.82, 2.24) is 9.21 Å². The number of benzene rings is 2. The van der Waals surface area contributed by atoms with Crippen molar-refractivity contribution in [2.45, 2.75) is 24.3 Å². The zero-order valence-corrected chi connectivity index (χ0v) is 16.9. The van der Waals surface area contributed by atoms with Gasteiger partial charge in [0.25, 0.3) is 0 Å². The van der Waals surface area contributed by atoms with Crippen LogP contribution in [0.1, 0.15) is 24.9 Å². The Kier molecular flexibility index (Phi) is 5.57. The molecule has 2 aromatic rings. The molecule has 7 heteroatoms. The van der Waals surface area contributed by atoms with E-state index in [1.54, 1.807) is 22.5 Å². The van der Waals surface area contributed by atoms with Crippen LogP contribution in [0, 0.1) is 0 Å². The van der Waals surface area contributed by atoms with Crippen LogP contribution in [0.25, 0.3) is 0 Å². The molecule has 28 heavy (non-hydrogen) atoms. The van der Waals surface area contributed by atoms with Crippen molar-refractivity contribution in [1.29, 1.82) is 0 Å². The Morgan fingerprint density at radius 3 is 2.29 bits per heavy atom. The Bertz CT molecular complexity index is 909. The van der Waals surface area contributed by atoms with E-state index in [0.29, 0.717) is 43.8 Å². The Morgan fingerprint density at radius 1 is 0.929 bits per heavy atom. The highest BCUT2D eigenvalue weighted by Gasteiger charge is 2.31. The van der Waals surface area contributed by atoms with E-state index in [2.05, 4.69) is 36.1 Å². The van der Waals surface area contributed by atoms with Crippen molar-refractivity contribution in [2.24, 2.45) is 0 Å². The van der Waals surface area contributed by atoms with E-state index in [1.807, 2.05) is 6.07 Å². The fourth-order valence-electron chi connectivity index (χ4n) is 3.97. The molecule has 6 nitrogen and oxygen atoms in total. The van der Waals surface area contributed by atoms with Crippen LogP contribution in [0.5, 0.6) is 11.5 Å². The van der Waals surface area contributed by atoms with E-state index in [1.165, 1.54) is 5.56 Å². The maximum Gasteiger partial charge on any atom is 0.243 e. The van der Waals surface area contributed by atoms with Gasteiger partial charge in [0, 0.05) is 38.3 Å². The van der Waals surface area contributed by atoms with Crippen molar-refractivity contribution in [3.63, 3.8) is 0 Å². The molecule has 2 aromatic carbocycles. The van der Waals surface area contributed by atoms with E-state index in [4.69, 9.17) is 9.47 Å². The van der Waals surface area contributed by atoms with Gasteiger partial charge in [-0.25, -0.2) is 8.42 Å². The lowest BCUT2D eigenvalue weighted by atomic mass is 10.0. The molecule has 2 aliphatic rings. The minimum Gasteiger partial charge on any atom is -0.486 e. The van der Waals surface area contributed by atoms with Crippen molar-refractivity contribution < 1.29 is 17.9 Å². The molecule has 0 amide bonds. The van der Waals surface area contributed by atoms with Gasteiger partial charge in [-0.15, -0.1) is 0 Å². The summed E-state index contributed by atoms with van der Waals surface area (Å²) in [6.45, 7) is 5.51. The largest absolute Gasteiger partial charge is 0.486 e. The van der Waals surface area contributed by atoms with E-state index in [0.717, 1.165) is 19.5 Å². The van der Waals surface area contributed by atoms with Crippen LogP contribution in [0.2, 0.25) is 0 Å². The van der Waals surface area contributed by atoms with Gasteiger partial charge in [-0.2, -0.15) is 4.31 Å². The molecule has 0 saturated carbocycles. The maximum absolute atomic E-state index is 13.1. The molecular weight excluding hydrogens is 376 g/mol. The third kappa shape index (κ3) is 3.74. The lowest BCUT2D eigenvalue weighted by Gasteiger charge is -2.38. The lowest BCUT2D eigenvalue weighted by molar-refractivity contribution is 0.133. The molecule has 0 N–H and O–H groups in total. The second kappa shape index (κ2) is 8.11. The quantitative estimate of drug-likeness (QED) is 0.770. The van der Waals surface area contributed by atoms with Crippen molar-refractivity contribution in [3.05, 3.63) is 54.1 Å². The average molecular weight is 403 g/mol. The molecule has 2 heterocycles. The van der Waals surface area contributed by atoms with Gasteiger partial charge in [0.05, 0.1) is 4.90 Å². The zero-order valence-electron chi connectivity index (χ0n) is 16.1. The summed E-state index contributed by atoms with van der Waals surface area (Å²) >= 11 is 0. The van der Waals surface area contributed by atoms with Crippen molar-refractivity contribution >= 4 is 10.0 Å². The van der Waals surface area contributed by atoms with E-state index >= 15 is 0 Å². The summed E-state index contributed by atoms with van der Waals surface area (Å²) in [7, 11) is -3.54. The second-order valence-corrected chi connectivity index (χ2v) is 9.02. The molecular formula is C21H26N2O4S. The molecule has 0 radical (unpaired) electrons. The van der Waals surface area contributed by atoms with Gasteiger partial charge in [0.15, 0.2) is 11.5 Å². The Balaban J connectivity index is 1.47. The normalized spacial score (nSPS) is 19.3. The monoisotopic (exact) mass is 402 g/mol. The van der Waals surface area contributed by atoms with E-state index in [-0.39, 0.29) is 4.90 Å². The van der Waals surface area contributed by atoms with Gasteiger partial charge in [0.2, 0.25) is 10.0 Å². The number of fused-ring (bicyclic) bond motifs is 1. The van der Waals surface area contributed by atoms with Gasteiger partial charge >= 0.3 is 0 Å². The number of piperazine rings is 1. The Labute approximate surface area is 166 Å². The summed E-state index contributed by atoms with van der Waals surface area (Å²) in [6.07, 6.45) is 0.999. The predicted molar refractivity (Wildman–Crippen MR) is 107 cm³/mol. The first kappa shape index (κ1) is 19.2. The molecule has 1 fully saturated rings. The number of hydrogen-bond acceptors (Lipinski definition) is 5. The molecule has 1 saturated heterocycles. The second-order valence-electron chi connectivity index (χ2n) is 7.08. The minimum absolute atomic E-state index is 0.264. The summed E-state index contributed by atoms with van der Waals surface area (Å²) in [4.78, 5) is 2.64. The van der Waals surface area contributed by atoms with E-state index in [9.17, 15) is 8.42 Å². The van der Waals surface area contributed by atoms with Crippen LogP contribution in [0.15, 0.2) is 53.4 Å². The number of nitrogens with zero attached hydrogens (tertiary/aromatic N) is 2. The third-order valence-corrected chi connectivity index (χ3v) is 7.33. The van der Waals surface area contributed by atoms with Crippen LogP contribution in [-0.2, 0) is 10.0 Å². The molecule has 0 spiro atoms. The highest BCUT2D eigenvalue weighted by Crippen LogP contribution is 2.34. The number of sulfonamides is 1. The van der Waals surface area contributed by atoms with Crippen LogP contribution >= 0.6 is 0 Å². The number of hydrogen-bond donors (Lipinski definition) is 0. The molecule has 2 aliphatic heterocycles. The van der Waals surface area contributed by atoms with Crippen molar-refractivity contribution in [3.8, 4) is 11.5 Å². The van der Waals surface area contributed by atoms with Gasteiger partial charge in [-0.1, -0.05) is 37.3 Å². The van der Waals surface area contributed by atoms with Gasteiger partial charge in [0.1, 0.15) is 13.2 Å². The fraction of sp³-hybridized carbons (Fsp3) is 0.429. The SMILES string of the molecule is CCC(c1ccccc1)N1CCN(S(=O)(=O)c2ccc3c(c2)OCCO3)CC1. The highest BCUT2D eigenvalue weighted by molar-refractivity contribution is 7.89. The first-order valence-corrected chi connectivity index (χ1v) is 11.2. The molecule has 0 aliphatic carbocycles. The summed E-state index contributed by atoms with van der Waals surface area (Å²) in [6, 6.07) is 15.6. The van der Waals surface area contributed by atoms with Crippen LogP contribution < -0.4 is 9.47 Å². The summed E-state index contributed by atoms with van der Waals surface area (Å²) in [5.74, 6) is 1.10. The third-order valence-electron chi connectivity index (χ3n) is 5.44. The summed E-state index contributed by atoms with van der Waals surface area (Å²) in [5, 5.41) is 0. The van der Waals surface area contributed by atoms with Crippen LogP contribution in [-0.4, -0.2) is 57.0 Å². The number of rotatable bonds is 5. The Morgan fingerprint density at radius 2 is 1.61 bits per heavy atom.